The van der Waals surface area contributed by atoms with Gasteiger partial charge in [-0.25, -0.2) is 4.39 Å². The van der Waals surface area contributed by atoms with Crippen molar-refractivity contribution in [3.05, 3.63) is 114 Å². The minimum absolute atomic E-state index is 0.147. The summed E-state index contributed by atoms with van der Waals surface area (Å²) in [6, 6.07) is 35.1. The van der Waals surface area contributed by atoms with Gasteiger partial charge in [-0.2, -0.15) is 0 Å². The zero-order chi connectivity index (χ0) is 22.1. The van der Waals surface area contributed by atoms with Crippen molar-refractivity contribution < 1.29 is 4.39 Å². The number of aromatic nitrogens is 1. The third kappa shape index (κ3) is 2.65. The van der Waals surface area contributed by atoms with Crippen LogP contribution < -0.4 is 0 Å². The van der Waals surface area contributed by atoms with Gasteiger partial charge < -0.3 is 4.40 Å². The molecule has 33 heavy (non-hydrogen) atoms. The average Bonchev–Trinajstić information content (AvgIpc) is 3.35. The Bertz CT molecular complexity index is 1820. The predicted octanol–water partition coefficient (Wildman–Crippen LogP) is 8.96. The Morgan fingerprint density at radius 2 is 1.09 bits per heavy atom. The standard InChI is InChI=1S/C30H17ClFN/c31-26-16-23-25-15-21(19-9-5-2-6-10-19)14-24-22-13-20(18-7-3-1-4-8-18)11-12-28(22)33(30(24)25)29(23)17-27(26)32/h1-17H. The molecule has 1 nitrogen and oxygen atoms in total. The van der Waals surface area contributed by atoms with Crippen molar-refractivity contribution in [3.8, 4) is 22.3 Å². The molecule has 2 heterocycles. The molecule has 7 aromatic rings. The third-order valence-corrected chi connectivity index (χ3v) is 6.93. The molecular weight excluding hydrogens is 429 g/mol. The second kappa shape index (κ2) is 6.81. The van der Waals surface area contributed by atoms with Crippen LogP contribution in [0.25, 0.3) is 60.3 Å². The fourth-order valence-corrected chi connectivity index (χ4v) is 5.31. The van der Waals surface area contributed by atoms with E-state index in [0.717, 1.165) is 54.8 Å². The van der Waals surface area contributed by atoms with Crippen molar-refractivity contribution in [2.45, 2.75) is 0 Å². The largest absolute Gasteiger partial charge is 0.308 e. The number of hydrogen-bond acceptors (Lipinski definition) is 0. The van der Waals surface area contributed by atoms with Gasteiger partial charge in [0.05, 0.1) is 21.6 Å². The van der Waals surface area contributed by atoms with Gasteiger partial charge in [0.15, 0.2) is 0 Å². The molecule has 0 N–H and O–H groups in total. The highest BCUT2D eigenvalue weighted by Crippen LogP contribution is 2.43. The van der Waals surface area contributed by atoms with Crippen LogP contribution in [-0.4, -0.2) is 4.40 Å². The Morgan fingerprint density at radius 3 is 1.76 bits per heavy atom. The molecule has 5 aromatic carbocycles. The fourth-order valence-electron chi connectivity index (χ4n) is 5.15. The third-order valence-electron chi connectivity index (χ3n) is 6.65. The van der Waals surface area contributed by atoms with E-state index in [4.69, 9.17) is 11.6 Å². The molecule has 0 saturated heterocycles. The molecule has 0 aliphatic carbocycles. The summed E-state index contributed by atoms with van der Waals surface area (Å²) in [5, 5.41) is 4.51. The molecule has 0 bridgehead atoms. The Kier molecular flexibility index (Phi) is 3.85. The summed E-state index contributed by atoms with van der Waals surface area (Å²) in [6.45, 7) is 0. The smallest absolute Gasteiger partial charge is 0.143 e. The molecule has 0 spiro atoms. The second-order valence-corrected chi connectivity index (χ2v) is 8.91. The quantitative estimate of drug-likeness (QED) is 0.250. The maximum Gasteiger partial charge on any atom is 0.143 e. The van der Waals surface area contributed by atoms with E-state index in [1.165, 1.54) is 5.56 Å². The number of hydrogen-bond donors (Lipinski definition) is 0. The lowest BCUT2D eigenvalue weighted by Crippen LogP contribution is -1.84. The summed E-state index contributed by atoms with van der Waals surface area (Å²) in [6.07, 6.45) is 0. The monoisotopic (exact) mass is 445 g/mol. The fraction of sp³-hybridized carbons (Fsp3) is 0. The zero-order valence-electron chi connectivity index (χ0n) is 17.5. The van der Waals surface area contributed by atoms with Crippen molar-refractivity contribution in [2.24, 2.45) is 0 Å². The summed E-state index contributed by atoms with van der Waals surface area (Å²) in [4.78, 5) is 0. The molecule has 7 rings (SSSR count). The van der Waals surface area contributed by atoms with Crippen molar-refractivity contribution in [1.29, 1.82) is 0 Å². The summed E-state index contributed by atoms with van der Waals surface area (Å²) < 4.78 is 16.7. The highest BCUT2D eigenvalue weighted by molar-refractivity contribution is 6.33. The molecule has 0 amide bonds. The van der Waals surface area contributed by atoms with Crippen LogP contribution in [0.4, 0.5) is 4.39 Å². The molecule has 156 valence electrons. The van der Waals surface area contributed by atoms with Crippen LogP contribution in [0.3, 0.4) is 0 Å². The predicted molar refractivity (Wildman–Crippen MR) is 137 cm³/mol. The van der Waals surface area contributed by atoms with Crippen LogP contribution >= 0.6 is 11.6 Å². The molecular formula is C30H17ClFN. The van der Waals surface area contributed by atoms with E-state index in [1.807, 2.05) is 12.1 Å². The molecule has 0 aliphatic heterocycles. The number of nitrogens with zero attached hydrogens (tertiary/aromatic N) is 1. The van der Waals surface area contributed by atoms with Crippen LogP contribution in [0, 0.1) is 5.82 Å². The van der Waals surface area contributed by atoms with Gasteiger partial charge in [-0.05, 0) is 52.6 Å². The first kappa shape index (κ1) is 18.7. The van der Waals surface area contributed by atoms with Crippen LogP contribution in [0.2, 0.25) is 5.02 Å². The van der Waals surface area contributed by atoms with Gasteiger partial charge in [-0.15, -0.1) is 0 Å². The molecule has 0 atom stereocenters. The molecule has 0 aliphatic rings. The Hall–Kier alpha value is -3.88. The van der Waals surface area contributed by atoms with E-state index in [0.29, 0.717) is 0 Å². The lowest BCUT2D eigenvalue weighted by atomic mass is 9.98. The summed E-state index contributed by atoms with van der Waals surface area (Å²) in [5.74, 6) is -0.401. The first-order valence-corrected chi connectivity index (χ1v) is 11.3. The number of benzene rings is 5. The van der Waals surface area contributed by atoms with E-state index in [9.17, 15) is 4.39 Å². The Labute approximate surface area is 194 Å². The lowest BCUT2D eigenvalue weighted by Gasteiger charge is -2.05. The SMILES string of the molecule is Fc1cc2c(cc1Cl)c1cc(-c3ccccc3)cc3c4cc(-c5ccccc5)ccc4n2c31. The van der Waals surface area contributed by atoms with Crippen molar-refractivity contribution in [1.82, 2.24) is 4.40 Å². The lowest BCUT2D eigenvalue weighted by molar-refractivity contribution is 0.630. The van der Waals surface area contributed by atoms with Crippen LogP contribution in [0.5, 0.6) is 0 Å². The van der Waals surface area contributed by atoms with Gasteiger partial charge in [0.25, 0.3) is 0 Å². The van der Waals surface area contributed by atoms with Gasteiger partial charge in [-0.3, -0.25) is 0 Å². The normalized spacial score (nSPS) is 11.9. The highest BCUT2D eigenvalue weighted by atomic mass is 35.5. The zero-order valence-corrected chi connectivity index (χ0v) is 18.3. The average molecular weight is 446 g/mol. The summed E-state index contributed by atoms with van der Waals surface area (Å²) >= 11 is 6.22. The van der Waals surface area contributed by atoms with E-state index in [1.54, 1.807) is 12.1 Å². The summed E-state index contributed by atoms with van der Waals surface area (Å²) in [7, 11) is 0. The first-order valence-electron chi connectivity index (χ1n) is 10.9. The van der Waals surface area contributed by atoms with E-state index in [2.05, 4.69) is 83.3 Å². The number of fused-ring (bicyclic) bond motifs is 6. The van der Waals surface area contributed by atoms with Crippen molar-refractivity contribution >= 4 is 49.7 Å². The van der Waals surface area contributed by atoms with Crippen molar-refractivity contribution in [2.75, 3.05) is 0 Å². The Morgan fingerprint density at radius 1 is 0.515 bits per heavy atom. The van der Waals surface area contributed by atoms with Crippen LogP contribution in [0.15, 0.2) is 103 Å². The van der Waals surface area contributed by atoms with Crippen LogP contribution in [-0.2, 0) is 0 Å². The Balaban J connectivity index is 1.67. The highest BCUT2D eigenvalue weighted by Gasteiger charge is 2.20. The topological polar surface area (TPSA) is 4.41 Å². The molecule has 0 saturated carbocycles. The van der Waals surface area contributed by atoms with E-state index < -0.39 is 5.82 Å². The van der Waals surface area contributed by atoms with E-state index in [-0.39, 0.29) is 5.02 Å². The minimum Gasteiger partial charge on any atom is -0.308 e. The molecule has 0 radical (unpaired) electrons. The number of rotatable bonds is 2. The number of halogens is 2. The maximum absolute atomic E-state index is 14.6. The van der Waals surface area contributed by atoms with Gasteiger partial charge in [-0.1, -0.05) is 78.3 Å². The molecule has 0 fully saturated rings. The molecule has 3 heteroatoms. The van der Waals surface area contributed by atoms with Crippen LogP contribution in [0.1, 0.15) is 0 Å². The molecule has 0 unspecified atom stereocenters. The molecule has 2 aromatic heterocycles. The van der Waals surface area contributed by atoms with E-state index >= 15 is 0 Å². The minimum atomic E-state index is -0.401. The second-order valence-electron chi connectivity index (χ2n) is 8.50. The first-order chi connectivity index (χ1) is 16.2. The van der Waals surface area contributed by atoms with Gasteiger partial charge in [0.2, 0.25) is 0 Å². The maximum atomic E-state index is 14.6. The van der Waals surface area contributed by atoms with Crippen molar-refractivity contribution in [3.63, 3.8) is 0 Å². The summed E-state index contributed by atoms with van der Waals surface area (Å²) in [5.41, 5.74) is 7.63. The van der Waals surface area contributed by atoms with Gasteiger partial charge >= 0.3 is 0 Å². The van der Waals surface area contributed by atoms with Gasteiger partial charge in [0, 0.05) is 27.6 Å². The van der Waals surface area contributed by atoms with Gasteiger partial charge in [0.1, 0.15) is 5.82 Å².